The van der Waals surface area contributed by atoms with Gasteiger partial charge in [0.15, 0.2) is 0 Å². The second kappa shape index (κ2) is 10.7. The lowest BCUT2D eigenvalue weighted by Gasteiger charge is -2.30. The summed E-state index contributed by atoms with van der Waals surface area (Å²) in [6, 6.07) is 5.95. The van der Waals surface area contributed by atoms with Crippen LogP contribution in [0.2, 0.25) is 0 Å². The maximum atomic E-state index is 13.0. The van der Waals surface area contributed by atoms with Gasteiger partial charge in [-0.2, -0.15) is 4.31 Å². The Morgan fingerprint density at radius 1 is 1.15 bits per heavy atom. The fraction of sp³-hybridized carbons (Fsp3) is 0.478. The third-order valence-corrected chi connectivity index (χ3v) is 9.66. The Hall–Kier alpha value is -1.98. The maximum absolute atomic E-state index is 13.0. The van der Waals surface area contributed by atoms with Crippen LogP contribution in [0, 0.1) is 0 Å². The number of sulfonamides is 1. The molecule has 0 saturated heterocycles. The van der Waals surface area contributed by atoms with Gasteiger partial charge in [-0.3, -0.25) is 9.59 Å². The van der Waals surface area contributed by atoms with Crippen molar-refractivity contribution in [3.63, 3.8) is 0 Å². The number of nitrogens with zero attached hydrogens (tertiary/aromatic N) is 2. The van der Waals surface area contributed by atoms with Crippen LogP contribution in [-0.2, 0) is 23.0 Å². The summed E-state index contributed by atoms with van der Waals surface area (Å²) in [6.07, 6.45) is 5.68. The van der Waals surface area contributed by atoms with E-state index in [1.807, 2.05) is 7.05 Å². The molecule has 0 atom stereocenters. The Morgan fingerprint density at radius 2 is 1.79 bits per heavy atom. The molecule has 2 aromatic rings. The minimum atomic E-state index is -3.63. The molecule has 2 amide bonds. The molecule has 1 fully saturated rings. The van der Waals surface area contributed by atoms with E-state index in [-0.39, 0.29) is 23.3 Å². The molecule has 8 nitrogen and oxygen atoms in total. The van der Waals surface area contributed by atoms with E-state index >= 15 is 0 Å². The number of benzene rings is 1. The molecule has 0 radical (unpaired) electrons. The molecule has 1 saturated carbocycles. The number of amides is 2. The van der Waals surface area contributed by atoms with Crippen LogP contribution < -0.4 is 11.1 Å². The molecule has 2 heterocycles. The number of hydrogen-bond acceptors (Lipinski definition) is 6. The molecule has 1 aliphatic heterocycles. The van der Waals surface area contributed by atoms with Crippen LogP contribution >= 0.6 is 23.7 Å². The van der Waals surface area contributed by atoms with E-state index in [9.17, 15) is 18.0 Å². The van der Waals surface area contributed by atoms with E-state index in [1.54, 1.807) is 7.05 Å². The monoisotopic (exact) mass is 526 g/mol. The van der Waals surface area contributed by atoms with Crippen molar-refractivity contribution in [2.75, 3.05) is 26.0 Å². The normalized spacial score (nSPS) is 17.1. The van der Waals surface area contributed by atoms with Gasteiger partial charge in [-0.25, -0.2) is 8.42 Å². The largest absolute Gasteiger partial charge is 0.365 e. The Labute approximate surface area is 211 Å². The minimum Gasteiger partial charge on any atom is -0.365 e. The Balaban J connectivity index is 0.00000324. The van der Waals surface area contributed by atoms with Crippen LogP contribution in [0.15, 0.2) is 29.2 Å². The minimum absolute atomic E-state index is 0. The summed E-state index contributed by atoms with van der Waals surface area (Å²) in [6.45, 7) is 1.53. The number of rotatable bonds is 6. The van der Waals surface area contributed by atoms with Crippen molar-refractivity contribution in [3.8, 4) is 0 Å². The van der Waals surface area contributed by atoms with E-state index in [0.29, 0.717) is 29.1 Å². The number of fused-ring (bicyclic) bond motifs is 1. The lowest BCUT2D eigenvalue weighted by Crippen LogP contribution is -2.38. The third kappa shape index (κ3) is 5.31. The van der Waals surface area contributed by atoms with E-state index in [2.05, 4.69) is 10.2 Å². The van der Waals surface area contributed by atoms with E-state index in [1.165, 1.54) is 39.9 Å². The first-order valence-corrected chi connectivity index (χ1v) is 13.5. The molecular weight excluding hydrogens is 496 g/mol. The molecule has 4 rings (SSSR count). The predicted molar refractivity (Wildman–Crippen MR) is 136 cm³/mol. The summed E-state index contributed by atoms with van der Waals surface area (Å²) in [5.41, 5.74) is 7.22. The van der Waals surface area contributed by atoms with Gasteiger partial charge in [0, 0.05) is 36.6 Å². The number of anilines is 1. The lowest BCUT2D eigenvalue weighted by molar-refractivity contribution is 0.1000. The maximum Gasteiger partial charge on any atom is 0.256 e. The van der Waals surface area contributed by atoms with Crippen LogP contribution in [0.4, 0.5) is 5.00 Å². The number of thiophene rings is 1. The van der Waals surface area contributed by atoms with Gasteiger partial charge in [0.1, 0.15) is 5.00 Å². The molecule has 1 aliphatic carbocycles. The van der Waals surface area contributed by atoms with Crippen molar-refractivity contribution < 1.29 is 18.0 Å². The van der Waals surface area contributed by atoms with E-state index in [4.69, 9.17) is 5.73 Å². The zero-order chi connectivity index (χ0) is 23.8. The van der Waals surface area contributed by atoms with Crippen molar-refractivity contribution in [3.05, 3.63) is 45.8 Å². The molecule has 186 valence electrons. The third-order valence-electron chi connectivity index (χ3n) is 6.60. The summed E-state index contributed by atoms with van der Waals surface area (Å²) in [4.78, 5) is 28.3. The molecule has 0 bridgehead atoms. The lowest BCUT2D eigenvalue weighted by atomic mass is 9.96. The first-order chi connectivity index (χ1) is 15.7. The standard InChI is InChI=1S/C23H30N4O4S2.ClH/c1-26-13-12-18-19(14-26)32-23(20(18)21(24)28)25-22(29)15-8-10-17(11-9-15)33(30,31)27(2)16-6-4-3-5-7-16;/h8-11,16H,3-7,12-14H2,1-2H3,(H2,24,28)(H,25,29);1H. The molecule has 2 aliphatic rings. The number of nitrogens with one attached hydrogen (secondary N) is 1. The van der Waals surface area contributed by atoms with Gasteiger partial charge in [-0.1, -0.05) is 19.3 Å². The second-order valence-corrected chi connectivity index (χ2v) is 12.0. The smallest absolute Gasteiger partial charge is 0.256 e. The van der Waals surface area contributed by atoms with Gasteiger partial charge >= 0.3 is 0 Å². The highest BCUT2D eigenvalue weighted by Gasteiger charge is 2.30. The van der Waals surface area contributed by atoms with Gasteiger partial charge in [0.25, 0.3) is 11.8 Å². The fourth-order valence-electron chi connectivity index (χ4n) is 4.64. The van der Waals surface area contributed by atoms with Gasteiger partial charge in [0.05, 0.1) is 10.5 Å². The average molecular weight is 527 g/mol. The summed E-state index contributed by atoms with van der Waals surface area (Å²) in [5, 5.41) is 3.26. The molecule has 34 heavy (non-hydrogen) atoms. The molecule has 1 aromatic heterocycles. The second-order valence-electron chi connectivity index (χ2n) is 8.85. The zero-order valence-electron chi connectivity index (χ0n) is 19.4. The van der Waals surface area contributed by atoms with Crippen LogP contribution in [0.25, 0.3) is 0 Å². The number of likely N-dealkylation sites (N-methyl/N-ethyl adjacent to an activating group) is 1. The van der Waals surface area contributed by atoms with Crippen LogP contribution in [-0.4, -0.2) is 56.1 Å². The summed E-state index contributed by atoms with van der Waals surface area (Å²) in [5.74, 6) is -0.964. The zero-order valence-corrected chi connectivity index (χ0v) is 21.8. The Kier molecular flexibility index (Phi) is 8.41. The molecule has 3 N–H and O–H groups in total. The van der Waals surface area contributed by atoms with E-state index in [0.717, 1.165) is 49.1 Å². The SMILES string of the molecule is CN1CCc2c(sc(NC(=O)c3ccc(S(=O)(=O)N(C)C4CCCCC4)cc3)c2C(N)=O)C1.Cl. The Morgan fingerprint density at radius 3 is 2.41 bits per heavy atom. The average Bonchev–Trinajstić information content (AvgIpc) is 3.16. The van der Waals surface area contributed by atoms with Crippen LogP contribution in [0.1, 0.15) is 63.3 Å². The molecule has 11 heteroatoms. The molecule has 0 spiro atoms. The van der Waals surface area contributed by atoms with Gasteiger partial charge in [-0.15, -0.1) is 23.7 Å². The summed E-state index contributed by atoms with van der Waals surface area (Å²) < 4.78 is 27.5. The predicted octanol–water partition coefficient (Wildman–Crippen LogP) is 3.46. The van der Waals surface area contributed by atoms with Gasteiger partial charge in [-0.05, 0) is 56.1 Å². The number of hydrogen-bond donors (Lipinski definition) is 2. The number of primary amides is 1. The molecular formula is C23H31ClN4O4S2. The number of nitrogens with two attached hydrogens (primary N) is 1. The first-order valence-electron chi connectivity index (χ1n) is 11.2. The molecule has 0 unspecified atom stereocenters. The Bertz CT molecular complexity index is 1160. The quantitative estimate of drug-likeness (QED) is 0.598. The first kappa shape index (κ1) is 26.6. The highest BCUT2D eigenvalue weighted by Crippen LogP contribution is 2.37. The highest BCUT2D eigenvalue weighted by atomic mass is 35.5. The van der Waals surface area contributed by atoms with Crippen molar-refractivity contribution in [1.29, 1.82) is 0 Å². The van der Waals surface area contributed by atoms with E-state index < -0.39 is 21.8 Å². The van der Waals surface area contributed by atoms with Crippen molar-refractivity contribution in [2.24, 2.45) is 5.73 Å². The van der Waals surface area contributed by atoms with Gasteiger partial charge in [0.2, 0.25) is 10.0 Å². The van der Waals surface area contributed by atoms with Crippen molar-refractivity contribution >= 4 is 50.6 Å². The summed E-state index contributed by atoms with van der Waals surface area (Å²) >= 11 is 1.37. The topological polar surface area (TPSA) is 113 Å². The highest BCUT2D eigenvalue weighted by molar-refractivity contribution is 7.89. The number of carbonyl (C=O) groups is 2. The number of halogens is 1. The van der Waals surface area contributed by atoms with Crippen LogP contribution in [0.5, 0.6) is 0 Å². The van der Waals surface area contributed by atoms with Gasteiger partial charge < -0.3 is 16.0 Å². The molecule has 1 aromatic carbocycles. The fourth-order valence-corrected chi connectivity index (χ4v) is 7.38. The summed E-state index contributed by atoms with van der Waals surface area (Å²) in [7, 11) is 0.0109. The van der Waals surface area contributed by atoms with Crippen LogP contribution in [0.3, 0.4) is 0 Å². The van der Waals surface area contributed by atoms with Crippen molar-refractivity contribution in [2.45, 2.75) is 56.0 Å². The number of carbonyl (C=O) groups excluding carboxylic acids is 2. The van der Waals surface area contributed by atoms with Crippen molar-refractivity contribution in [1.82, 2.24) is 9.21 Å².